The first-order chi connectivity index (χ1) is 9.69. The van der Waals surface area contributed by atoms with Crippen LogP contribution in [0.25, 0.3) is 0 Å². The van der Waals surface area contributed by atoms with Crippen LogP contribution in [0.1, 0.15) is 10.4 Å². The summed E-state index contributed by atoms with van der Waals surface area (Å²) in [5.74, 6) is 0. The fourth-order valence-corrected chi connectivity index (χ4v) is 2.35. The second-order valence-electron chi connectivity index (χ2n) is 4.12. The number of nitrogens with one attached hydrogen (secondary N) is 2. The molecule has 1 unspecified atom stereocenters. The van der Waals surface area contributed by atoms with Crippen LogP contribution in [0, 0.1) is 5.41 Å². The summed E-state index contributed by atoms with van der Waals surface area (Å²) in [4.78, 5) is 13.0. The van der Waals surface area contributed by atoms with Gasteiger partial charge in [-0.1, -0.05) is 18.2 Å². The molecular weight excluding hydrogens is 270 g/mol. The molecule has 2 aromatic carbocycles. The van der Waals surface area contributed by atoms with Crippen molar-refractivity contribution < 1.29 is 4.79 Å². The number of thioether (sulfide) groups is 1. The first kappa shape index (κ1) is 14.3. The van der Waals surface area contributed by atoms with E-state index in [2.05, 4.69) is 5.32 Å². The Labute approximate surface area is 121 Å². The van der Waals surface area contributed by atoms with Gasteiger partial charge in [-0.15, -0.1) is 0 Å². The van der Waals surface area contributed by atoms with Crippen LogP contribution >= 0.6 is 11.8 Å². The van der Waals surface area contributed by atoms with Crippen molar-refractivity contribution in [1.82, 2.24) is 0 Å². The molecule has 4 N–H and O–H groups in total. The third-order valence-corrected chi connectivity index (χ3v) is 3.52. The number of anilines is 1. The minimum absolute atomic E-state index is 0.000831. The molecule has 102 valence electrons. The topological polar surface area (TPSA) is 79.0 Å². The molecule has 0 saturated carbocycles. The van der Waals surface area contributed by atoms with Gasteiger partial charge in [-0.3, -0.25) is 4.79 Å². The van der Waals surface area contributed by atoms with E-state index in [1.165, 1.54) is 11.8 Å². The second-order valence-corrected chi connectivity index (χ2v) is 5.16. The molecule has 1 atom stereocenters. The lowest BCUT2D eigenvalue weighted by Crippen LogP contribution is -2.30. The summed E-state index contributed by atoms with van der Waals surface area (Å²) in [5.41, 5.74) is 6.99. The van der Waals surface area contributed by atoms with E-state index in [9.17, 15) is 4.79 Å². The minimum Gasteiger partial charge on any atom is -0.365 e. The average molecular weight is 285 g/mol. The van der Waals surface area contributed by atoms with Crippen LogP contribution in [-0.2, 0) is 0 Å². The molecule has 0 saturated heterocycles. The molecule has 0 radical (unpaired) electrons. The molecule has 0 aromatic heterocycles. The molecule has 0 amide bonds. The van der Waals surface area contributed by atoms with E-state index in [0.717, 1.165) is 16.8 Å². The summed E-state index contributed by atoms with van der Waals surface area (Å²) < 4.78 is 0. The minimum atomic E-state index is -0.518. The van der Waals surface area contributed by atoms with Crippen LogP contribution in [0.15, 0.2) is 59.5 Å². The van der Waals surface area contributed by atoms with Gasteiger partial charge >= 0.3 is 0 Å². The van der Waals surface area contributed by atoms with E-state index in [1.807, 2.05) is 30.3 Å². The maximum Gasteiger partial charge on any atom is 0.224 e. The number of hydrogen-bond acceptors (Lipinski definition) is 5. The van der Waals surface area contributed by atoms with Gasteiger partial charge in [0.15, 0.2) is 0 Å². The molecule has 0 aliphatic rings. The van der Waals surface area contributed by atoms with E-state index < -0.39 is 6.17 Å². The number of hydrogen-bond donors (Lipinski definition) is 3. The fourth-order valence-electron chi connectivity index (χ4n) is 1.59. The molecule has 2 aromatic rings. The summed E-state index contributed by atoms with van der Waals surface area (Å²) in [7, 11) is 0. The monoisotopic (exact) mass is 285 g/mol. The van der Waals surface area contributed by atoms with Gasteiger partial charge in [-0.05, 0) is 48.2 Å². The van der Waals surface area contributed by atoms with E-state index in [-0.39, 0.29) is 5.12 Å². The van der Waals surface area contributed by atoms with Crippen molar-refractivity contribution in [2.24, 2.45) is 5.73 Å². The fraction of sp³-hybridized carbons (Fsp3) is 0.0667. The first-order valence-corrected chi connectivity index (χ1v) is 6.90. The van der Waals surface area contributed by atoms with Gasteiger partial charge in [0.25, 0.3) is 0 Å². The largest absolute Gasteiger partial charge is 0.365 e. The quantitative estimate of drug-likeness (QED) is 0.448. The zero-order valence-corrected chi connectivity index (χ0v) is 11.6. The van der Waals surface area contributed by atoms with E-state index >= 15 is 0 Å². The standard InChI is InChI=1S/C15H15N3OS/c16-10-14(17)18-12-8-6-11(7-9-12)15(19)20-13-4-2-1-3-5-13/h1-10,14,16,18H,17H2. The van der Waals surface area contributed by atoms with Crippen LogP contribution in [0.5, 0.6) is 0 Å². The van der Waals surface area contributed by atoms with Crippen LogP contribution in [0.4, 0.5) is 5.69 Å². The summed E-state index contributed by atoms with van der Waals surface area (Å²) in [6.45, 7) is 0. The highest BCUT2D eigenvalue weighted by atomic mass is 32.2. The Morgan fingerprint density at radius 2 is 1.80 bits per heavy atom. The maximum absolute atomic E-state index is 12.1. The summed E-state index contributed by atoms with van der Waals surface area (Å²) in [6.07, 6.45) is 0.597. The zero-order chi connectivity index (χ0) is 14.4. The normalized spacial score (nSPS) is 11.7. The van der Waals surface area contributed by atoms with E-state index in [1.54, 1.807) is 24.3 Å². The van der Waals surface area contributed by atoms with Crippen LogP contribution < -0.4 is 11.1 Å². The molecule has 0 heterocycles. The van der Waals surface area contributed by atoms with Crippen molar-refractivity contribution in [3.05, 3.63) is 60.2 Å². The lowest BCUT2D eigenvalue weighted by molar-refractivity contribution is 0.108. The molecule has 2 rings (SSSR count). The van der Waals surface area contributed by atoms with Crippen LogP contribution in [0.2, 0.25) is 0 Å². The molecule has 0 spiro atoms. The molecule has 0 aliphatic carbocycles. The number of rotatable bonds is 5. The second kappa shape index (κ2) is 6.88. The Balaban J connectivity index is 2.02. The number of carbonyl (C=O) groups excluding carboxylic acids is 1. The predicted molar refractivity (Wildman–Crippen MR) is 83.5 cm³/mol. The SMILES string of the molecule is N=CC(N)Nc1ccc(C(=O)Sc2ccccc2)cc1. The van der Waals surface area contributed by atoms with E-state index in [4.69, 9.17) is 11.1 Å². The third-order valence-electron chi connectivity index (χ3n) is 2.59. The molecule has 5 heteroatoms. The number of carbonyl (C=O) groups is 1. The van der Waals surface area contributed by atoms with Gasteiger partial charge < -0.3 is 16.5 Å². The molecular formula is C15H15N3OS. The third kappa shape index (κ3) is 3.94. The lowest BCUT2D eigenvalue weighted by atomic mass is 10.2. The average Bonchev–Trinajstić information content (AvgIpc) is 2.49. The molecule has 20 heavy (non-hydrogen) atoms. The highest BCUT2D eigenvalue weighted by molar-refractivity contribution is 8.14. The Morgan fingerprint density at radius 3 is 2.40 bits per heavy atom. The highest BCUT2D eigenvalue weighted by Gasteiger charge is 2.08. The van der Waals surface area contributed by atoms with Gasteiger partial charge in [0.2, 0.25) is 5.12 Å². The smallest absolute Gasteiger partial charge is 0.224 e. The first-order valence-electron chi connectivity index (χ1n) is 6.09. The molecule has 0 fully saturated rings. The summed E-state index contributed by atoms with van der Waals surface area (Å²) >= 11 is 1.20. The van der Waals surface area contributed by atoms with Crippen molar-refractivity contribution in [1.29, 1.82) is 5.41 Å². The summed E-state index contributed by atoms with van der Waals surface area (Å²) in [5, 5.41) is 9.95. The predicted octanol–water partition coefficient (Wildman–Crippen LogP) is 2.97. The Bertz CT molecular complexity index is 584. The van der Waals surface area contributed by atoms with Crippen LogP contribution in [-0.4, -0.2) is 17.5 Å². The van der Waals surface area contributed by atoms with Crippen molar-refractivity contribution in [2.75, 3.05) is 5.32 Å². The summed E-state index contributed by atoms with van der Waals surface area (Å²) in [6, 6.07) is 16.6. The van der Waals surface area contributed by atoms with Gasteiger partial charge in [0.05, 0.1) is 0 Å². The number of benzene rings is 2. The van der Waals surface area contributed by atoms with Gasteiger partial charge in [-0.2, -0.15) is 0 Å². The van der Waals surface area contributed by atoms with Crippen molar-refractivity contribution in [2.45, 2.75) is 11.1 Å². The highest BCUT2D eigenvalue weighted by Crippen LogP contribution is 2.23. The van der Waals surface area contributed by atoms with Gasteiger partial charge in [-0.25, -0.2) is 0 Å². The molecule has 0 bridgehead atoms. The maximum atomic E-state index is 12.1. The van der Waals surface area contributed by atoms with Crippen molar-refractivity contribution in [3.8, 4) is 0 Å². The Hall–Kier alpha value is -2.11. The van der Waals surface area contributed by atoms with Crippen LogP contribution in [0.3, 0.4) is 0 Å². The lowest BCUT2D eigenvalue weighted by Gasteiger charge is -2.10. The Morgan fingerprint density at radius 1 is 1.15 bits per heavy atom. The molecule has 4 nitrogen and oxygen atoms in total. The van der Waals surface area contributed by atoms with Crippen molar-refractivity contribution in [3.63, 3.8) is 0 Å². The van der Waals surface area contributed by atoms with Gasteiger partial charge in [0.1, 0.15) is 6.17 Å². The van der Waals surface area contributed by atoms with E-state index in [0.29, 0.717) is 5.56 Å². The molecule has 0 aliphatic heterocycles. The van der Waals surface area contributed by atoms with Gasteiger partial charge in [0, 0.05) is 22.4 Å². The Kier molecular flexibility index (Phi) is 4.92. The van der Waals surface area contributed by atoms with Crippen molar-refractivity contribution >= 4 is 28.8 Å². The zero-order valence-electron chi connectivity index (χ0n) is 10.7. The number of nitrogens with two attached hydrogens (primary N) is 1.